The SMILES string of the molecule is CC(C)(C)OC(=O)N[C@@H](CCc1ccccc1)C(=O)N1C[C@@H](NC(=O)CN)C[C@H]1C(=O)O. The number of aliphatic carboxylic acids is 1. The van der Waals surface area contributed by atoms with Gasteiger partial charge in [-0.25, -0.2) is 9.59 Å². The van der Waals surface area contributed by atoms with Crippen LogP contribution in [-0.2, 0) is 25.5 Å². The Balaban J connectivity index is 2.18. The second kappa shape index (κ2) is 10.9. The molecule has 1 aromatic rings. The number of carbonyl (C=O) groups is 4. The van der Waals surface area contributed by atoms with Crippen molar-refractivity contribution in [1.82, 2.24) is 15.5 Å². The third kappa shape index (κ3) is 7.52. The molecule has 176 valence electrons. The molecule has 0 radical (unpaired) electrons. The van der Waals surface area contributed by atoms with Crippen molar-refractivity contribution < 1.29 is 29.0 Å². The second-order valence-corrected chi connectivity index (χ2v) is 8.77. The lowest BCUT2D eigenvalue weighted by Crippen LogP contribution is -2.53. The topological polar surface area (TPSA) is 151 Å². The van der Waals surface area contributed by atoms with E-state index in [1.54, 1.807) is 20.8 Å². The molecule has 0 bridgehead atoms. The Hall–Kier alpha value is -3.14. The smallest absolute Gasteiger partial charge is 0.408 e. The molecule has 1 saturated heterocycles. The van der Waals surface area contributed by atoms with E-state index in [0.717, 1.165) is 5.56 Å². The number of nitrogens with zero attached hydrogens (tertiary/aromatic N) is 1. The van der Waals surface area contributed by atoms with Gasteiger partial charge in [0.25, 0.3) is 0 Å². The number of amides is 3. The molecule has 1 aromatic carbocycles. The number of carboxylic acids is 1. The molecule has 0 aliphatic carbocycles. The second-order valence-electron chi connectivity index (χ2n) is 8.77. The van der Waals surface area contributed by atoms with Crippen molar-refractivity contribution in [3.63, 3.8) is 0 Å². The zero-order valence-corrected chi connectivity index (χ0v) is 18.7. The quantitative estimate of drug-likeness (QED) is 0.455. The van der Waals surface area contributed by atoms with Gasteiger partial charge in [0, 0.05) is 19.0 Å². The van der Waals surface area contributed by atoms with E-state index >= 15 is 0 Å². The van der Waals surface area contributed by atoms with Crippen LogP contribution in [0, 0.1) is 0 Å². The predicted molar refractivity (Wildman–Crippen MR) is 117 cm³/mol. The monoisotopic (exact) mass is 448 g/mol. The zero-order valence-electron chi connectivity index (χ0n) is 18.7. The molecule has 0 unspecified atom stereocenters. The first-order chi connectivity index (χ1) is 15.0. The predicted octanol–water partition coefficient (Wildman–Crippen LogP) is 0.642. The van der Waals surface area contributed by atoms with E-state index in [1.165, 1.54) is 4.90 Å². The molecule has 0 saturated carbocycles. The van der Waals surface area contributed by atoms with Gasteiger partial charge in [-0.1, -0.05) is 30.3 Å². The number of hydrogen-bond donors (Lipinski definition) is 4. The molecule has 10 nitrogen and oxygen atoms in total. The van der Waals surface area contributed by atoms with Crippen LogP contribution in [0.1, 0.15) is 39.2 Å². The number of nitrogens with two attached hydrogens (primary N) is 1. The van der Waals surface area contributed by atoms with Crippen molar-refractivity contribution in [2.75, 3.05) is 13.1 Å². The normalized spacial score (nSPS) is 19.2. The summed E-state index contributed by atoms with van der Waals surface area (Å²) in [6, 6.07) is 6.79. The minimum absolute atomic E-state index is 0.0133. The lowest BCUT2D eigenvalue weighted by atomic mass is 10.0. The Bertz CT molecular complexity index is 823. The van der Waals surface area contributed by atoms with E-state index in [4.69, 9.17) is 10.5 Å². The highest BCUT2D eigenvalue weighted by molar-refractivity contribution is 5.90. The molecule has 5 N–H and O–H groups in total. The maximum absolute atomic E-state index is 13.3. The largest absolute Gasteiger partial charge is 0.480 e. The Labute approximate surface area is 187 Å². The number of aryl methyl sites for hydroxylation is 1. The Kier molecular flexibility index (Phi) is 8.59. The van der Waals surface area contributed by atoms with Crippen LogP contribution in [0.3, 0.4) is 0 Å². The first-order valence-electron chi connectivity index (χ1n) is 10.6. The Morgan fingerprint density at radius 2 is 1.88 bits per heavy atom. The van der Waals surface area contributed by atoms with E-state index in [9.17, 15) is 24.3 Å². The van der Waals surface area contributed by atoms with Gasteiger partial charge in [0.1, 0.15) is 17.7 Å². The molecule has 1 aliphatic rings. The van der Waals surface area contributed by atoms with Crippen LogP contribution in [0.15, 0.2) is 30.3 Å². The Morgan fingerprint density at radius 1 is 1.22 bits per heavy atom. The highest BCUT2D eigenvalue weighted by Crippen LogP contribution is 2.21. The molecule has 10 heteroatoms. The number of carbonyl (C=O) groups excluding carboxylic acids is 3. The van der Waals surface area contributed by atoms with Crippen LogP contribution >= 0.6 is 0 Å². The summed E-state index contributed by atoms with van der Waals surface area (Å²) < 4.78 is 5.29. The summed E-state index contributed by atoms with van der Waals surface area (Å²) in [5.41, 5.74) is 5.53. The number of benzene rings is 1. The molecule has 2 rings (SSSR count). The number of rotatable bonds is 8. The molecule has 3 atom stereocenters. The van der Waals surface area contributed by atoms with Crippen LogP contribution < -0.4 is 16.4 Å². The first kappa shape index (κ1) is 25.1. The van der Waals surface area contributed by atoms with Gasteiger partial charge in [0.05, 0.1) is 6.54 Å². The summed E-state index contributed by atoms with van der Waals surface area (Å²) in [5.74, 6) is -2.15. The van der Waals surface area contributed by atoms with Gasteiger partial charge in [-0.2, -0.15) is 0 Å². The molecule has 0 spiro atoms. The van der Waals surface area contributed by atoms with Crippen LogP contribution in [0.4, 0.5) is 4.79 Å². The third-order valence-corrected chi connectivity index (χ3v) is 4.97. The van der Waals surface area contributed by atoms with E-state index in [1.807, 2.05) is 30.3 Å². The van der Waals surface area contributed by atoms with E-state index in [0.29, 0.717) is 6.42 Å². The number of likely N-dealkylation sites (tertiary alicyclic amines) is 1. The molecular weight excluding hydrogens is 416 g/mol. The minimum Gasteiger partial charge on any atom is -0.480 e. The Morgan fingerprint density at radius 3 is 2.44 bits per heavy atom. The minimum atomic E-state index is -1.18. The fourth-order valence-corrected chi connectivity index (χ4v) is 3.57. The molecule has 1 aliphatic heterocycles. The number of hydrogen-bond acceptors (Lipinski definition) is 6. The van der Waals surface area contributed by atoms with Gasteiger partial charge >= 0.3 is 12.1 Å². The summed E-state index contributed by atoms with van der Waals surface area (Å²) >= 11 is 0. The molecule has 1 heterocycles. The third-order valence-electron chi connectivity index (χ3n) is 4.97. The molecule has 3 amide bonds. The summed E-state index contributed by atoms with van der Waals surface area (Å²) in [6.07, 6.45) is 0.0458. The first-order valence-corrected chi connectivity index (χ1v) is 10.6. The van der Waals surface area contributed by atoms with Crippen molar-refractivity contribution in [1.29, 1.82) is 0 Å². The fraction of sp³-hybridized carbons (Fsp3) is 0.545. The van der Waals surface area contributed by atoms with Gasteiger partial charge in [-0.3, -0.25) is 9.59 Å². The van der Waals surface area contributed by atoms with Crippen molar-refractivity contribution in [3.05, 3.63) is 35.9 Å². The van der Waals surface area contributed by atoms with E-state index in [-0.39, 0.29) is 25.9 Å². The van der Waals surface area contributed by atoms with Crippen LogP contribution in [0.25, 0.3) is 0 Å². The maximum atomic E-state index is 13.3. The fourth-order valence-electron chi connectivity index (χ4n) is 3.57. The molecule has 1 fully saturated rings. The van der Waals surface area contributed by atoms with Crippen molar-refractivity contribution in [3.8, 4) is 0 Å². The number of alkyl carbamates (subject to hydrolysis) is 1. The van der Waals surface area contributed by atoms with Crippen molar-refractivity contribution in [2.45, 2.75) is 63.8 Å². The maximum Gasteiger partial charge on any atom is 0.408 e. The van der Waals surface area contributed by atoms with E-state index in [2.05, 4.69) is 10.6 Å². The molecule has 32 heavy (non-hydrogen) atoms. The van der Waals surface area contributed by atoms with Crippen LogP contribution in [0.5, 0.6) is 0 Å². The average molecular weight is 449 g/mol. The van der Waals surface area contributed by atoms with Crippen LogP contribution in [-0.4, -0.2) is 70.7 Å². The standard InChI is InChI=1S/C22H32N4O6/c1-22(2,3)32-21(31)25-16(10-9-14-7-5-4-6-8-14)19(28)26-13-15(24-18(27)12-23)11-17(26)20(29)30/h4-8,15-17H,9-13,23H2,1-3H3,(H,24,27)(H,25,31)(H,29,30)/t15-,16-,17-/m0/s1. The van der Waals surface area contributed by atoms with Gasteiger partial charge in [0.2, 0.25) is 11.8 Å². The summed E-state index contributed by atoms with van der Waals surface area (Å²) in [5, 5.41) is 14.9. The van der Waals surface area contributed by atoms with Gasteiger partial charge < -0.3 is 31.1 Å². The molecule has 0 aromatic heterocycles. The lowest BCUT2D eigenvalue weighted by molar-refractivity contribution is -0.149. The van der Waals surface area contributed by atoms with Gasteiger partial charge in [0.15, 0.2) is 0 Å². The summed E-state index contributed by atoms with van der Waals surface area (Å²) in [6.45, 7) is 4.90. The van der Waals surface area contributed by atoms with Gasteiger partial charge in [-0.15, -0.1) is 0 Å². The summed E-state index contributed by atoms with van der Waals surface area (Å²) in [4.78, 5) is 50.3. The number of ether oxygens (including phenoxy) is 1. The van der Waals surface area contributed by atoms with E-state index < -0.39 is 47.6 Å². The highest BCUT2D eigenvalue weighted by atomic mass is 16.6. The highest BCUT2D eigenvalue weighted by Gasteiger charge is 2.42. The molecular formula is C22H32N4O6. The number of carboxylic acid groups (broad SMARTS) is 1. The van der Waals surface area contributed by atoms with Crippen LogP contribution in [0.2, 0.25) is 0 Å². The average Bonchev–Trinajstić information content (AvgIpc) is 3.14. The summed E-state index contributed by atoms with van der Waals surface area (Å²) in [7, 11) is 0. The number of nitrogens with one attached hydrogen (secondary N) is 2. The lowest BCUT2D eigenvalue weighted by Gasteiger charge is -2.28. The van der Waals surface area contributed by atoms with Crippen molar-refractivity contribution in [2.24, 2.45) is 5.73 Å². The van der Waals surface area contributed by atoms with Crippen molar-refractivity contribution >= 4 is 23.9 Å². The van der Waals surface area contributed by atoms with Gasteiger partial charge in [-0.05, 0) is 39.2 Å². The zero-order chi connectivity index (χ0) is 23.9.